The van der Waals surface area contributed by atoms with Crippen LogP contribution < -0.4 is 10.2 Å². The van der Waals surface area contributed by atoms with E-state index in [0.29, 0.717) is 18.4 Å². The van der Waals surface area contributed by atoms with E-state index in [4.69, 9.17) is 9.72 Å². The van der Waals surface area contributed by atoms with Gasteiger partial charge in [-0.1, -0.05) is 27.7 Å². The lowest BCUT2D eigenvalue weighted by molar-refractivity contribution is 0.206. The Hall–Kier alpha value is -1.13. The fraction of sp³-hybridized carbons (Fsp3) is 0.706. The summed E-state index contributed by atoms with van der Waals surface area (Å²) in [6.07, 6.45) is 0. The van der Waals surface area contributed by atoms with Gasteiger partial charge < -0.3 is 15.0 Å². The quantitative estimate of drug-likeness (QED) is 0.759. The molecule has 1 N–H and O–H groups in total. The number of nitrogens with one attached hydrogen (secondary N) is 1. The second-order valence-electron chi connectivity index (χ2n) is 6.35. The van der Waals surface area contributed by atoms with Gasteiger partial charge in [0.2, 0.25) is 0 Å². The summed E-state index contributed by atoms with van der Waals surface area (Å²) in [5.41, 5.74) is 2.45. The zero-order valence-electron chi connectivity index (χ0n) is 14.4. The average molecular weight is 293 g/mol. The molecule has 0 saturated heterocycles. The molecule has 4 nitrogen and oxygen atoms in total. The number of methoxy groups -OCH3 is 1. The van der Waals surface area contributed by atoms with E-state index in [1.165, 1.54) is 5.56 Å². The monoisotopic (exact) mass is 293 g/mol. The summed E-state index contributed by atoms with van der Waals surface area (Å²) in [5, 5.41) is 3.51. The summed E-state index contributed by atoms with van der Waals surface area (Å²) in [7, 11) is 3.80. The van der Waals surface area contributed by atoms with E-state index in [0.717, 1.165) is 31.1 Å². The Labute approximate surface area is 129 Å². The van der Waals surface area contributed by atoms with Crippen LogP contribution in [0.25, 0.3) is 0 Å². The molecule has 0 aliphatic rings. The minimum atomic E-state index is 0.435. The van der Waals surface area contributed by atoms with Gasteiger partial charge in [0.15, 0.2) is 0 Å². The Bertz CT molecular complexity index is 418. The van der Waals surface area contributed by atoms with Crippen molar-refractivity contribution in [2.75, 3.05) is 38.8 Å². The zero-order chi connectivity index (χ0) is 15.8. The molecule has 1 aromatic rings. The normalized spacial score (nSPS) is 11.4. The number of nitrogens with zero attached hydrogens (tertiary/aromatic N) is 2. The first kappa shape index (κ1) is 17.9. The largest absolute Gasteiger partial charge is 0.383 e. The fourth-order valence-corrected chi connectivity index (χ4v) is 2.04. The summed E-state index contributed by atoms with van der Waals surface area (Å²) in [6, 6.07) is 4.39. The number of likely N-dealkylation sites (N-methyl/N-ethyl adjacent to an activating group) is 1. The molecule has 0 fully saturated rings. The van der Waals surface area contributed by atoms with Crippen LogP contribution in [0.2, 0.25) is 0 Å². The van der Waals surface area contributed by atoms with Crippen molar-refractivity contribution >= 4 is 5.82 Å². The topological polar surface area (TPSA) is 37.4 Å². The van der Waals surface area contributed by atoms with Gasteiger partial charge in [-0.05, 0) is 36.1 Å². The molecule has 0 atom stereocenters. The Kier molecular flexibility index (Phi) is 7.68. The summed E-state index contributed by atoms with van der Waals surface area (Å²) < 4.78 is 5.15. The Morgan fingerprint density at radius 2 is 1.95 bits per heavy atom. The zero-order valence-corrected chi connectivity index (χ0v) is 14.4. The number of aromatic nitrogens is 1. The Balaban J connectivity index is 2.84. The fourth-order valence-electron chi connectivity index (χ4n) is 2.04. The smallest absolute Gasteiger partial charge is 0.128 e. The molecule has 0 radical (unpaired) electrons. The Morgan fingerprint density at radius 1 is 1.24 bits per heavy atom. The van der Waals surface area contributed by atoms with Gasteiger partial charge in [0.05, 0.1) is 6.61 Å². The van der Waals surface area contributed by atoms with Gasteiger partial charge in [-0.15, -0.1) is 0 Å². The van der Waals surface area contributed by atoms with Crippen LogP contribution >= 0.6 is 0 Å². The lowest BCUT2D eigenvalue weighted by atomic mass is 10.1. The molecule has 0 spiro atoms. The van der Waals surface area contributed by atoms with Crippen molar-refractivity contribution in [2.24, 2.45) is 5.92 Å². The number of ether oxygens (including phenoxy) is 1. The third-order valence-electron chi connectivity index (χ3n) is 3.39. The molecular weight excluding hydrogens is 262 g/mol. The minimum absolute atomic E-state index is 0.435. The predicted octanol–water partition coefficient (Wildman–Crippen LogP) is 3.03. The van der Waals surface area contributed by atoms with Crippen LogP contribution in [0.1, 0.15) is 44.9 Å². The number of pyridine rings is 1. The number of hydrogen-bond acceptors (Lipinski definition) is 4. The highest BCUT2D eigenvalue weighted by molar-refractivity contribution is 5.42. The first-order valence-electron chi connectivity index (χ1n) is 7.85. The van der Waals surface area contributed by atoms with E-state index in [1.54, 1.807) is 7.11 Å². The third-order valence-corrected chi connectivity index (χ3v) is 3.39. The summed E-state index contributed by atoms with van der Waals surface area (Å²) in [6.45, 7) is 12.3. The van der Waals surface area contributed by atoms with Crippen LogP contribution in [0.5, 0.6) is 0 Å². The van der Waals surface area contributed by atoms with Gasteiger partial charge >= 0.3 is 0 Å². The molecular formula is C17H31N3O. The van der Waals surface area contributed by atoms with Gasteiger partial charge in [0.25, 0.3) is 0 Å². The SMILES string of the molecule is COCCN(C)c1cc(CNCC(C)C)cc(C(C)C)n1. The standard InChI is InChI=1S/C17H31N3O/c1-13(2)11-18-12-15-9-16(14(3)4)19-17(10-15)20(5)7-8-21-6/h9-10,13-14,18H,7-8,11-12H2,1-6H3. The molecule has 1 aromatic heterocycles. The summed E-state index contributed by atoms with van der Waals surface area (Å²) >= 11 is 0. The van der Waals surface area contributed by atoms with Gasteiger partial charge in [0, 0.05) is 32.9 Å². The molecule has 0 aromatic carbocycles. The van der Waals surface area contributed by atoms with E-state index in [-0.39, 0.29) is 0 Å². The number of rotatable bonds is 9. The van der Waals surface area contributed by atoms with Crippen LogP contribution in [0.4, 0.5) is 5.82 Å². The molecule has 0 aliphatic carbocycles. The molecule has 0 aliphatic heterocycles. The molecule has 1 rings (SSSR count). The van der Waals surface area contributed by atoms with Crippen molar-refractivity contribution in [3.63, 3.8) is 0 Å². The lowest BCUT2D eigenvalue weighted by Crippen LogP contribution is -2.24. The molecule has 0 unspecified atom stereocenters. The van der Waals surface area contributed by atoms with Crippen LogP contribution in [0.15, 0.2) is 12.1 Å². The van der Waals surface area contributed by atoms with E-state index in [9.17, 15) is 0 Å². The Morgan fingerprint density at radius 3 is 2.52 bits per heavy atom. The molecule has 120 valence electrons. The molecule has 0 bridgehead atoms. The van der Waals surface area contributed by atoms with Crippen molar-refractivity contribution in [1.82, 2.24) is 10.3 Å². The van der Waals surface area contributed by atoms with Crippen LogP contribution in [0, 0.1) is 5.92 Å². The second kappa shape index (κ2) is 9.00. The maximum atomic E-state index is 5.15. The van der Waals surface area contributed by atoms with E-state index < -0.39 is 0 Å². The van der Waals surface area contributed by atoms with E-state index >= 15 is 0 Å². The molecule has 21 heavy (non-hydrogen) atoms. The molecule has 1 heterocycles. The lowest BCUT2D eigenvalue weighted by Gasteiger charge is -2.20. The molecule has 4 heteroatoms. The number of anilines is 1. The highest BCUT2D eigenvalue weighted by Gasteiger charge is 2.09. The maximum Gasteiger partial charge on any atom is 0.128 e. The highest BCUT2D eigenvalue weighted by atomic mass is 16.5. The first-order chi connectivity index (χ1) is 9.93. The van der Waals surface area contributed by atoms with Crippen molar-refractivity contribution in [1.29, 1.82) is 0 Å². The van der Waals surface area contributed by atoms with Gasteiger partial charge in [-0.3, -0.25) is 0 Å². The van der Waals surface area contributed by atoms with Crippen molar-refractivity contribution in [3.05, 3.63) is 23.4 Å². The van der Waals surface area contributed by atoms with Crippen LogP contribution in [0.3, 0.4) is 0 Å². The van der Waals surface area contributed by atoms with E-state index in [1.807, 2.05) is 0 Å². The number of hydrogen-bond donors (Lipinski definition) is 1. The minimum Gasteiger partial charge on any atom is -0.383 e. The summed E-state index contributed by atoms with van der Waals surface area (Å²) in [5.74, 6) is 2.13. The maximum absolute atomic E-state index is 5.15. The van der Waals surface area contributed by atoms with Crippen molar-refractivity contribution in [3.8, 4) is 0 Å². The van der Waals surface area contributed by atoms with Crippen LogP contribution in [-0.2, 0) is 11.3 Å². The third kappa shape index (κ3) is 6.44. The van der Waals surface area contributed by atoms with Gasteiger partial charge in [-0.25, -0.2) is 4.98 Å². The molecule has 0 amide bonds. The van der Waals surface area contributed by atoms with Crippen LogP contribution in [-0.4, -0.2) is 38.8 Å². The predicted molar refractivity (Wildman–Crippen MR) is 90.0 cm³/mol. The first-order valence-corrected chi connectivity index (χ1v) is 7.85. The highest BCUT2D eigenvalue weighted by Crippen LogP contribution is 2.19. The van der Waals surface area contributed by atoms with Gasteiger partial charge in [0.1, 0.15) is 5.82 Å². The van der Waals surface area contributed by atoms with Crippen molar-refractivity contribution in [2.45, 2.75) is 40.2 Å². The van der Waals surface area contributed by atoms with Gasteiger partial charge in [-0.2, -0.15) is 0 Å². The van der Waals surface area contributed by atoms with E-state index in [2.05, 4.69) is 57.1 Å². The second-order valence-corrected chi connectivity index (χ2v) is 6.35. The van der Waals surface area contributed by atoms with Crippen molar-refractivity contribution < 1.29 is 4.74 Å². The average Bonchev–Trinajstić information content (AvgIpc) is 2.43. The summed E-state index contributed by atoms with van der Waals surface area (Å²) in [4.78, 5) is 6.93. The molecule has 0 saturated carbocycles.